The summed E-state index contributed by atoms with van der Waals surface area (Å²) >= 11 is 0. The quantitative estimate of drug-likeness (QED) is 0.528. The summed E-state index contributed by atoms with van der Waals surface area (Å²) in [5.74, 6) is -1.95. The van der Waals surface area contributed by atoms with Gasteiger partial charge in [-0.1, -0.05) is 25.1 Å². The van der Waals surface area contributed by atoms with Gasteiger partial charge in [-0.05, 0) is 30.3 Å². The third-order valence-corrected chi connectivity index (χ3v) is 5.43. The van der Waals surface area contributed by atoms with E-state index in [9.17, 15) is 22.8 Å². The van der Waals surface area contributed by atoms with E-state index in [0.29, 0.717) is 16.9 Å². The Bertz CT molecular complexity index is 1170. The van der Waals surface area contributed by atoms with E-state index in [-0.39, 0.29) is 18.3 Å². The number of anilines is 1. The molecule has 7 nitrogen and oxygen atoms in total. The van der Waals surface area contributed by atoms with Gasteiger partial charge in [-0.2, -0.15) is 8.78 Å². The highest BCUT2D eigenvalue weighted by Crippen LogP contribution is 2.31. The average molecular weight is 443 g/mol. The van der Waals surface area contributed by atoms with Crippen LogP contribution in [-0.2, 0) is 15.6 Å². The van der Waals surface area contributed by atoms with Crippen LogP contribution in [0.25, 0.3) is 16.9 Å². The number of carbonyl (C=O) groups excluding carboxylic acids is 2. The monoisotopic (exact) mass is 443 g/mol. The number of nitrogens with zero attached hydrogens (tertiary/aromatic N) is 2. The molecule has 2 amide bonds. The van der Waals surface area contributed by atoms with E-state index in [2.05, 4.69) is 15.7 Å². The van der Waals surface area contributed by atoms with Crippen LogP contribution in [0.5, 0.6) is 0 Å². The smallest absolute Gasteiger partial charge is 0.326 e. The molecule has 32 heavy (non-hydrogen) atoms. The molecule has 1 unspecified atom stereocenters. The molecular weight excluding hydrogens is 423 g/mol. The summed E-state index contributed by atoms with van der Waals surface area (Å²) in [5.41, 5.74) is 5.76. The molecule has 2 aromatic carbocycles. The highest BCUT2D eigenvalue weighted by Gasteiger charge is 2.36. The summed E-state index contributed by atoms with van der Waals surface area (Å²) in [4.78, 5) is 24.4. The predicted octanol–water partition coefficient (Wildman–Crippen LogP) is 3.01. The Labute approximate surface area is 181 Å². The first-order valence-electron chi connectivity index (χ1n) is 9.85. The number of aromatic nitrogens is 2. The number of rotatable bonds is 5. The standard InChI is InChI=1S/C22H20F3N5O2/c1-12-17(11-27-20(12)31)21(32)28-19-10-18(13-3-2-4-14(9-13)22(24,25)26)30(29-19)16-7-5-15(23)6-8-16/h2-10,12,17H,11,26H2,1H3,(H,27,31)(H,28,29,32)/t12?,17-/m0/s1. The highest BCUT2D eigenvalue weighted by atomic mass is 19.3. The van der Waals surface area contributed by atoms with Crippen molar-refractivity contribution in [1.29, 1.82) is 0 Å². The highest BCUT2D eigenvalue weighted by molar-refractivity contribution is 5.98. The van der Waals surface area contributed by atoms with Gasteiger partial charge in [0.25, 0.3) is 0 Å². The molecule has 2 heterocycles. The summed E-state index contributed by atoms with van der Waals surface area (Å²) in [6.45, 7) is 1.87. The Morgan fingerprint density at radius 1 is 1.22 bits per heavy atom. The number of hydrogen-bond donors (Lipinski definition) is 3. The van der Waals surface area contributed by atoms with Crippen molar-refractivity contribution in [2.24, 2.45) is 17.6 Å². The van der Waals surface area contributed by atoms with Crippen LogP contribution in [0, 0.1) is 17.7 Å². The summed E-state index contributed by atoms with van der Waals surface area (Å²) in [6.07, 6.45) is 0. The molecule has 1 aliphatic heterocycles. The normalized spacial score (nSPS) is 18.5. The van der Waals surface area contributed by atoms with Gasteiger partial charge < -0.3 is 10.6 Å². The SMILES string of the molecule is CC1C(=O)NC[C@@H]1C(=O)Nc1cc(-c2cccc(C(N)(F)F)c2)n(-c2ccc(F)cc2)n1. The van der Waals surface area contributed by atoms with Crippen LogP contribution in [0.15, 0.2) is 54.6 Å². The lowest BCUT2D eigenvalue weighted by atomic mass is 9.97. The van der Waals surface area contributed by atoms with Crippen LogP contribution in [0.2, 0.25) is 0 Å². The number of nitrogens with two attached hydrogens (primary N) is 1. The summed E-state index contributed by atoms with van der Waals surface area (Å²) in [5, 5.41) is 9.69. The van der Waals surface area contributed by atoms with E-state index in [1.165, 1.54) is 53.2 Å². The van der Waals surface area contributed by atoms with Crippen molar-refractivity contribution in [1.82, 2.24) is 15.1 Å². The summed E-state index contributed by atoms with van der Waals surface area (Å²) in [6, 6.07) is 8.86. The molecule has 1 saturated heterocycles. The van der Waals surface area contributed by atoms with Crippen LogP contribution in [0.1, 0.15) is 12.5 Å². The minimum atomic E-state index is -3.54. The second kappa shape index (κ2) is 8.12. The van der Waals surface area contributed by atoms with Gasteiger partial charge in [-0.25, -0.2) is 9.07 Å². The minimum Gasteiger partial charge on any atom is -0.355 e. The van der Waals surface area contributed by atoms with Crippen molar-refractivity contribution in [3.63, 3.8) is 0 Å². The molecule has 166 valence electrons. The van der Waals surface area contributed by atoms with Crippen molar-refractivity contribution in [2.45, 2.75) is 13.0 Å². The topological polar surface area (TPSA) is 102 Å². The molecule has 0 aliphatic carbocycles. The van der Waals surface area contributed by atoms with Crippen LogP contribution in [-0.4, -0.2) is 28.1 Å². The number of hydrogen-bond acceptors (Lipinski definition) is 4. The van der Waals surface area contributed by atoms with Gasteiger partial charge in [-0.15, -0.1) is 5.10 Å². The summed E-state index contributed by atoms with van der Waals surface area (Å²) in [7, 11) is 0. The number of halogens is 3. The van der Waals surface area contributed by atoms with Gasteiger partial charge in [-0.3, -0.25) is 15.3 Å². The molecule has 3 aromatic rings. The molecule has 1 aromatic heterocycles. The van der Waals surface area contributed by atoms with E-state index in [4.69, 9.17) is 5.73 Å². The fourth-order valence-corrected chi connectivity index (χ4v) is 3.58. The third kappa shape index (κ3) is 4.22. The molecular formula is C22H20F3N5O2. The maximum Gasteiger partial charge on any atom is 0.326 e. The van der Waals surface area contributed by atoms with Gasteiger partial charge in [0.1, 0.15) is 5.82 Å². The van der Waals surface area contributed by atoms with Gasteiger partial charge in [0.15, 0.2) is 5.82 Å². The number of alkyl halides is 2. The van der Waals surface area contributed by atoms with Crippen molar-refractivity contribution < 1.29 is 22.8 Å². The Hall–Kier alpha value is -3.66. The molecule has 1 aliphatic rings. The zero-order valence-electron chi connectivity index (χ0n) is 17.0. The molecule has 10 heteroatoms. The Kier molecular flexibility index (Phi) is 5.47. The first kappa shape index (κ1) is 21.6. The molecule has 4 rings (SSSR count). The molecule has 1 fully saturated rings. The number of amides is 2. The van der Waals surface area contributed by atoms with E-state index >= 15 is 0 Å². The zero-order chi connectivity index (χ0) is 23.0. The summed E-state index contributed by atoms with van der Waals surface area (Å²) < 4.78 is 42.1. The first-order valence-corrected chi connectivity index (χ1v) is 9.85. The lowest BCUT2D eigenvalue weighted by molar-refractivity contribution is -0.126. The number of carbonyl (C=O) groups is 2. The molecule has 2 atom stereocenters. The van der Waals surface area contributed by atoms with Crippen molar-refractivity contribution in [3.8, 4) is 16.9 Å². The Morgan fingerprint density at radius 3 is 2.56 bits per heavy atom. The maximum absolute atomic E-state index is 13.7. The Morgan fingerprint density at radius 2 is 1.94 bits per heavy atom. The average Bonchev–Trinajstić information content (AvgIpc) is 3.31. The van der Waals surface area contributed by atoms with Crippen LogP contribution < -0.4 is 16.4 Å². The van der Waals surface area contributed by atoms with Gasteiger partial charge in [0, 0.05) is 29.7 Å². The van der Waals surface area contributed by atoms with Gasteiger partial charge >= 0.3 is 6.05 Å². The van der Waals surface area contributed by atoms with Crippen LogP contribution >= 0.6 is 0 Å². The van der Waals surface area contributed by atoms with E-state index < -0.39 is 35.2 Å². The molecule has 0 bridgehead atoms. The van der Waals surface area contributed by atoms with Crippen LogP contribution in [0.4, 0.5) is 19.0 Å². The van der Waals surface area contributed by atoms with Gasteiger partial charge in [0.05, 0.1) is 17.3 Å². The largest absolute Gasteiger partial charge is 0.355 e. The lowest BCUT2D eigenvalue weighted by Gasteiger charge is -2.12. The lowest BCUT2D eigenvalue weighted by Crippen LogP contribution is -2.28. The third-order valence-electron chi connectivity index (χ3n) is 5.43. The number of benzene rings is 2. The maximum atomic E-state index is 13.7. The first-order chi connectivity index (χ1) is 15.1. The second-order valence-corrected chi connectivity index (χ2v) is 7.64. The van der Waals surface area contributed by atoms with Crippen molar-refractivity contribution >= 4 is 17.6 Å². The van der Waals surface area contributed by atoms with Crippen molar-refractivity contribution in [2.75, 3.05) is 11.9 Å². The number of nitrogens with one attached hydrogen (secondary N) is 2. The fourth-order valence-electron chi connectivity index (χ4n) is 3.58. The molecule has 0 saturated carbocycles. The van der Waals surface area contributed by atoms with Gasteiger partial charge in [0.2, 0.25) is 11.8 Å². The molecule has 0 radical (unpaired) electrons. The second-order valence-electron chi connectivity index (χ2n) is 7.64. The Balaban J connectivity index is 1.73. The van der Waals surface area contributed by atoms with E-state index in [0.717, 1.165) is 0 Å². The van der Waals surface area contributed by atoms with Crippen molar-refractivity contribution in [3.05, 3.63) is 66.0 Å². The van der Waals surface area contributed by atoms with Crippen LogP contribution in [0.3, 0.4) is 0 Å². The zero-order valence-corrected chi connectivity index (χ0v) is 17.0. The molecule has 4 N–H and O–H groups in total. The predicted molar refractivity (Wildman–Crippen MR) is 111 cm³/mol. The van der Waals surface area contributed by atoms with E-state index in [1.807, 2.05) is 0 Å². The fraction of sp³-hybridized carbons (Fsp3) is 0.227. The minimum absolute atomic E-state index is 0.158. The molecule has 0 spiro atoms. The van der Waals surface area contributed by atoms with E-state index in [1.54, 1.807) is 13.0 Å².